The lowest BCUT2D eigenvalue weighted by atomic mass is 10.1. The Labute approximate surface area is 110 Å². The van der Waals surface area contributed by atoms with Crippen LogP contribution in [0.15, 0.2) is 6.20 Å². The third-order valence-electron chi connectivity index (χ3n) is 3.46. The van der Waals surface area contributed by atoms with Crippen molar-refractivity contribution >= 4 is 5.82 Å². The van der Waals surface area contributed by atoms with Crippen LogP contribution in [0.25, 0.3) is 0 Å². The second kappa shape index (κ2) is 6.14. The predicted octanol–water partition coefficient (Wildman–Crippen LogP) is 2.24. The standard InChI is InChI=1S/C14H24N4/c1-11(10-18-6-4-5-7-18)8-16-14-13(3)15-9-12(2)17-14/h9,11H,4-8,10H2,1-3H3,(H,16,17). The molecule has 0 radical (unpaired) electrons. The molecule has 4 heteroatoms. The molecule has 1 atom stereocenters. The van der Waals surface area contributed by atoms with Crippen molar-refractivity contribution in [2.75, 3.05) is 31.5 Å². The Bertz CT molecular complexity index is 385. The van der Waals surface area contributed by atoms with Crippen LogP contribution in [0.5, 0.6) is 0 Å². The molecule has 4 nitrogen and oxygen atoms in total. The topological polar surface area (TPSA) is 41.1 Å². The zero-order valence-electron chi connectivity index (χ0n) is 11.7. The molecule has 100 valence electrons. The molecule has 2 heterocycles. The van der Waals surface area contributed by atoms with Crippen molar-refractivity contribution in [2.24, 2.45) is 5.92 Å². The van der Waals surface area contributed by atoms with Gasteiger partial charge >= 0.3 is 0 Å². The van der Waals surface area contributed by atoms with E-state index in [1.54, 1.807) is 0 Å². The Morgan fingerprint density at radius 1 is 1.33 bits per heavy atom. The summed E-state index contributed by atoms with van der Waals surface area (Å²) in [5.74, 6) is 1.58. The summed E-state index contributed by atoms with van der Waals surface area (Å²) in [6, 6.07) is 0. The first kappa shape index (κ1) is 13.3. The summed E-state index contributed by atoms with van der Waals surface area (Å²) in [6.45, 7) is 11.0. The van der Waals surface area contributed by atoms with Gasteiger partial charge in [0.15, 0.2) is 0 Å². The molecular weight excluding hydrogens is 224 g/mol. The minimum atomic E-state index is 0.643. The smallest absolute Gasteiger partial charge is 0.147 e. The molecule has 1 saturated heterocycles. The first-order valence-electron chi connectivity index (χ1n) is 6.91. The number of anilines is 1. The first-order chi connectivity index (χ1) is 8.65. The Hall–Kier alpha value is -1.16. The molecule has 1 aliphatic heterocycles. The maximum absolute atomic E-state index is 4.49. The summed E-state index contributed by atoms with van der Waals surface area (Å²) < 4.78 is 0. The van der Waals surface area contributed by atoms with Crippen LogP contribution < -0.4 is 5.32 Å². The number of likely N-dealkylation sites (tertiary alicyclic amines) is 1. The van der Waals surface area contributed by atoms with Crippen LogP contribution in [0.2, 0.25) is 0 Å². The molecule has 0 saturated carbocycles. The fourth-order valence-corrected chi connectivity index (χ4v) is 2.45. The number of hydrogen-bond acceptors (Lipinski definition) is 4. The van der Waals surface area contributed by atoms with Crippen molar-refractivity contribution in [1.82, 2.24) is 14.9 Å². The van der Waals surface area contributed by atoms with Crippen molar-refractivity contribution in [2.45, 2.75) is 33.6 Å². The third-order valence-corrected chi connectivity index (χ3v) is 3.46. The van der Waals surface area contributed by atoms with Gasteiger partial charge in [0, 0.05) is 19.3 Å². The molecule has 1 aromatic heterocycles. The summed E-state index contributed by atoms with van der Waals surface area (Å²) in [5.41, 5.74) is 1.95. The summed E-state index contributed by atoms with van der Waals surface area (Å²) in [4.78, 5) is 11.4. The van der Waals surface area contributed by atoms with Crippen LogP contribution in [0, 0.1) is 19.8 Å². The molecule has 0 aliphatic carbocycles. The van der Waals surface area contributed by atoms with Gasteiger partial charge in [-0.25, -0.2) is 4.98 Å². The number of aryl methyl sites for hydroxylation is 2. The monoisotopic (exact) mass is 248 g/mol. The van der Waals surface area contributed by atoms with E-state index in [2.05, 4.69) is 27.1 Å². The molecule has 0 aromatic carbocycles. The SMILES string of the molecule is Cc1cnc(C)c(NCC(C)CN2CCCC2)n1. The van der Waals surface area contributed by atoms with Gasteiger partial charge in [0.1, 0.15) is 5.82 Å². The average molecular weight is 248 g/mol. The maximum atomic E-state index is 4.49. The van der Waals surface area contributed by atoms with Crippen molar-refractivity contribution in [3.8, 4) is 0 Å². The third kappa shape index (κ3) is 3.67. The van der Waals surface area contributed by atoms with Crippen molar-refractivity contribution in [1.29, 1.82) is 0 Å². The molecule has 18 heavy (non-hydrogen) atoms. The van der Waals surface area contributed by atoms with Crippen molar-refractivity contribution in [3.05, 3.63) is 17.6 Å². The lowest BCUT2D eigenvalue weighted by Crippen LogP contribution is -2.29. The van der Waals surface area contributed by atoms with Crippen molar-refractivity contribution < 1.29 is 0 Å². The van der Waals surface area contributed by atoms with Gasteiger partial charge in [-0.1, -0.05) is 6.92 Å². The number of aromatic nitrogens is 2. The minimum absolute atomic E-state index is 0.643. The quantitative estimate of drug-likeness (QED) is 0.867. The molecule has 0 spiro atoms. The lowest BCUT2D eigenvalue weighted by molar-refractivity contribution is 0.294. The molecule has 0 bridgehead atoms. The fourth-order valence-electron chi connectivity index (χ4n) is 2.45. The van der Waals surface area contributed by atoms with Gasteiger partial charge < -0.3 is 10.2 Å². The van der Waals surface area contributed by atoms with Crippen LogP contribution in [0.3, 0.4) is 0 Å². The predicted molar refractivity (Wildman–Crippen MR) is 74.8 cm³/mol. The number of nitrogens with one attached hydrogen (secondary N) is 1. The van der Waals surface area contributed by atoms with E-state index in [1.807, 2.05) is 20.0 Å². The van der Waals surface area contributed by atoms with E-state index in [9.17, 15) is 0 Å². The van der Waals surface area contributed by atoms with Crippen LogP contribution in [0.4, 0.5) is 5.82 Å². The van der Waals surface area contributed by atoms with Gasteiger partial charge in [0.25, 0.3) is 0 Å². The molecular formula is C14H24N4. The van der Waals surface area contributed by atoms with E-state index in [-0.39, 0.29) is 0 Å². The molecule has 1 fully saturated rings. The van der Waals surface area contributed by atoms with Gasteiger partial charge in [0.05, 0.1) is 11.4 Å². The van der Waals surface area contributed by atoms with Crippen LogP contribution >= 0.6 is 0 Å². The fraction of sp³-hybridized carbons (Fsp3) is 0.714. The summed E-state index contributed by atoms with van der Waals surface area (Å²) in [5, 5.41) is 3.43. The average Bonchev–Trinajstić information content (AvgIpc) is 2.83. The Morgan fingerprint density at radius 2 is 2.06 bits per heavy atom. The van der Waals surface area contributed by atoms with Gasteiger partial charge in [-0.05, 0) is 45.7 Å². The summed E-state index contributed by atoms with van der Waals surface area (Å²) >= 11 is 0. The highest BCUT2D eigenvalue weighted by molar-refractivity contribution is 5.39. The molecule has 1 aromatic rings. The Kier molecular flexibility index (Phi) is 4.53. The van der Waals surface area contributed by atoms with Crippen LogP contribution in [0.1, 0.15) is 31.2 Å². The zero-order chi connectivity index (χ0) is 13.0. The zero-order valence-corrected chi connectivity index (χ0v) is 11.7. The normalized spacial score (nSPS) is 17.9. The molecule has 1 aliphatic rings. The highest BCUT2D eigenvalue weighted by atomic mass is 15.1. The number of hydrogen-bond donors (Lipinski definition) is 1. The van der Waals surface area contributed by atoms with E-state index >= 15 is 0 Å². The number of nitrogens with zero attached hydrogens (tertiary/aromatic N) is 3. The largest absolute Gasteiger partial charge is 0.368 e. The van der Waals surface area contributed by atoms with Crippen LogP contribution in [-0.4, -0.2) is 41.0 Å². The van der Waals surface area contributed by atoms with Gasteiger partial charge in [0.2, 0.25) is 0 Å². The van der Waals surface area contributed by atoms with Gasteiger partial charge in [-0.15, -0.1) is 0 Å². The second-order valence-corrected chi connectivity index (χ2v) is 5.44. The van der Waals surface area contributed by atoms with E-state index in [4.69, 9.17) is 0 Å². The van der Waals surface area contributed by atoms with E-state index in [0.717, 1.165) is 23.8 Å². The highest BCUT2D eigenvalue weighted by Gasteiger charge is 2.14. The van der Waals surface area contributed by atoms with Gasteiger partial charge in [-0.2, -0.15) is 0 Å². The van der Waals surface area contributed by atoms with Crippen molar-refractivity contribution in [3.63, 3.8) is 0 Å². The minimum Gasteiger partial charge on any atom is -0.368 e. The molecule has 0 amide bonds. The molecule has 1 N–H and O–H groups in total. The summed E-state index contributed by atoms with van der Waals surface area (Å²) in [6.07, 6.45) is 4.54. The highest BCUT2D eigenvalue weighted by Crippen LogP contribution is 2.12. The van der Waals surface area contributed by atoms with E-state index < -0.39 is 0 Å². The molecule has 2 rings (SSSR count). The lowest BCUT2D eigenvalue weighted by Gasteiger charge is -2.21. The maximum Gasteiger partial charge on any atom is 0.147 e. The van der Waals surface area contributed by atoms with E-state index in [0.29, 0.717) is 5.92 Å². The first-order valence-corrected chi connectivity index (χ1v) is 6.91. The van der Waals surface area contributed by atoms with Crippen LogP contribution in [-0.2, 0) is 0 Å². The van der Waals surface area contributed by atoms with E-state index in [1.165, 1.54) is 32.5 Å². The number of rotatable bonds is 5. The van der Waals surface area contributed by atoms with Gasteiger partial charge in [-0.3, -0.25) is 4.98 Å². The second-order valence-electron chi connectivity index (χ2n) is 5.44. The molecule has 1 unspecified atom stereocenters. The summed E-state index contributed by atoms with van der Waals surface area (Å²) in [7, 11) is 0. The Morgan fingerprint density at radius 3 is 2.78 bits per heavy atom. The Balaban J connectivity index is 1.81.